The molecule has 1 aliphatic rings. The molecule has 3 aromatic carbocycles. The normalized spacial score (nSPS) is 14.3. The summed E-state index contributed by atoms with van der Waals surface area (Å²) in [6, 6.07) is 21.4. The Kier molecular flexibility index (Phi) is 8.33. The molecule has 1 atom stereocenters. The number of nitrogens with zero attached hydrogens (tertiary/aromatic N) is 4. The van der Waals surface area contributed by atoms with Crippen molar-refractivity contribution in [3.63, 3.8) is 0 Å². The molecule has 0 bridgehead atoms. The zero-order chi connectivity index (χ0) is 31.6. The van der Waals surface area contributed by atoms with E-state index in [0.29, 0.717) is 16.8 Å². The summed E-state index contributed by atoms with van der Waals surface area (Å²) >= 11 is 2.75. The Morgan fingerprint density at radius 3 is 2.52 bits per heavy atom. The molecule has 3 amide bonds. The van der Waals surface area contributed by atoms with Crippen LogP contribution >= 0.6 is 22.7 Å². The number of hydrogen-bond acceptors (Lipinski definition) is 7. The van der Waals surface area contributed by atoms with Gasteiger partial charge in [-0.25, -0.2) is 9.97 Å². The van der Waals surface area contributed by atoms with Crippen LogP contribution in [0.5, 0.6) is 0 Å². The number of benzene rings is 3. The van der Waals surface area contributed by atoms with Crippen molar-refractivity contribution >= 4 is 61.3 Å². The van der Waals surface area contributed by atoms with Gasteiger partial charge in [-0.2, -0.15) is 0 Å². The van der Waals surface area contributed by atoms with E-state index in [9.17, 15) is 14.4 Å². The molecule has 11 heteroatoms. The molecule has 3 aromatic heterocycles. The van der Waals surface area contributed by atoms with Gasteiger partial charge in [-0.15, -0.1) is 22.7 Å². The predicted molar refractivity (Wildman–Crippen MR) is 182 cm³/mol. The second-order valence-corrected chi connectivity index (χ2v) is 13.4. The standard InChI is InChI=1S/C35H32N6O3S2/c1-40(24-12-6-3-7-13-24)34(44)30(22-10-4-2-5-11-22)39-32(43)33-37-27-17-16-23(20-29(27)46-33)36-31(42)26-15-9-8-14-25(26)28-21-41-18-19-45-35(41)38-28/h2,4-5,8-11,14-21,24,30H,3,6-7,12-13H2,1H3,(H,36,42)(H,39,43)/t30-/m0/s1. The van der Waals surface area contributed by atoms with E-state index < -0.39 is 11.9 Å². The Labute approximate surface area is 273 Å². The maximum absolute atomic E-state index is 13.7. The summed E-state index contributed by atoms with van der Waals surface area (Å²) in [5.41, 5.74) is 3.92. The maximum atomic E-state index is 13.7. The number of thiazole rings is 2. The van der Waals surface area contributed by atoms with E-state index in [1.165, 1.54) is 29.1 Å². The number of imidazole rings is 1. The van der Waals surface area contributed by atoms with Gasteiger partial charge in [-0.3, -0.25) is 18.8 Å². The van der Waals surface area contributed by atoms with Gasteiger partial charge in [0.15, 0.2) is 9.97 Å². The molecule has 0 unspecified atom stereocenters. The van der Waals surface area contributed by atoms with Gasteiger partial charge in [0.2, 0.25) is 5.91 Å². The van der Waals surface area contributed by atoms with Crippen molar-refractivity contribution in [1.82, 2.24) is 24.6 Å². The van der Waals surface area contributed by atoms with Crippen molar-refractivity contribution in [3.05, 3.63) is 107 Å². The first-order chi connectivity index (χ1) is 22.4. The van der Waals surface area contributed by atoms with E-state index in [-0.39, 0.29) is 22.9 Å². The average Bonchev–Trinajstić information content (AvgIpc) is 3.83. The highest BCUT2D eigenvalue weighted by Crippen LogP contribution is 2.30. The Bertz CT molecular complexity index is 2010. The summed E-state index contributed by atoms with van der Waals surface area (Å²) in [4.78, 5) is 52.6. The van der Waals surface area contributed by atoms with E-state index in [1.807, 2.05) is 83.8 Å². The average molecular weight is 649 g/mol. The summed E-state index contributed by atoms with van der Waals surface area (Å²) in [5.74, 6) is -0.812. The number of carbonyl (C=O) groups is 3. The first-order valence-corrected chi connectivity index (χ1v) is 17.0. The lowest BCUT2D eigenvalue weighted by Gasteiger charge is -2.34. The van der Waals surface area contributed by atoms with Gasteiger partial charge in [-0.05, 0) is 42.7 Å². The Hall–Kier alpha value is -4.87. The minimum absolute atomic E-state index is 0.131. The van der Waals surface area contributed by atoms with Crippen LogP contribution in [-0.4, -0.2) is 50.1 Å². The third kappa shape index (κ3) is 6.03. The summed E-state index contributed by atoms with van der Waals surface area (Å²) < 4.78 is 2.68. The molecular weight excluding hydrogens is 617 g/mol. The Balaban J connectivity index is 1.09. The van der Waals surface area contributed by atoms with Crippen LogP contribution in [0.3, 0.4) is 0 Å². The zero-order valence-electron chi connectivity index (χ0n) is 25.2. The molecule has 232 valence electrons. The topological polar surface area (TPSA) is 109 Å². The second kappa shape index (κ2) is 12.9. The number of amides is 3. The first kappa shape index (κ1) is 29.8. The van der Waals surface area contributed by atoms with Gasteiger partial charge in [0.05, 0.1) is 15.9 Å². The Morgan fingerprint density at radius 1 is 0.935 bits per heavy atom. The van der Waals surface area contributed by atoms with Crippen LogP contribution in [0.25, 0.3) is 26.4 Å². The number of anilines is 1. The van der Waals surface area contributed by atoms with E-state index in [1.54, 1.807) is 23.1 Å². The van der Waals surface area contributed by atoms with Crippen LogP contribution in [0.15, 0.2) is 90.6 Å². The van der Waals surface area contributed by atoms with Gasteiger partial charge in [0.25, 0.3) is 11.8 Å². The SMILES string of the molecule is CN(C(=O)[C@@H](NC(=O)c1nc2ccc(NC(=O)c3ccccc3-c3cn4ccsc4n3)cc2s1)c1ccccc1)C1CCCCC1. The van der Waals surface area contributed by atoms with Crippen LogP contribution in [0.2, 0.25) is 0 Å². The molecule has 0 aliphatic heterocycles. The predicted octanol–water partition coefficient (Wildman–Crippen LogP) is 7.19. The lowest BCUT2D eigenvalue weighted by atomic mass is 9.93. The highest BCUT2D eigenvalue weighted by molar-refractivity contribution is 7.20. The lowest BCUT2D eigenvalue weighted by Crippen LogP contribution is -2.46. The number of rotatable bonds is 8. The fraction of sp³-hybridized carbons (Fsp3) is 0.229. The third-order valence-electron chi connectivity index (χ3n) is 8.51. The van der Waals surface area contributed by atoms with Crippen molar-refractivity contribution in [2.24, 2.45) is 0 Å². The van der Waals surface area contributed by atoms with Crippen LogP contribution in [0, 0.1) is 0 Å². The summed E-state index contributed by atoms with van der Waals surface area (Å²) in [7, 11) is 1.84. The number of aromatic nitrogens is 3. The molecule has 1 saturated carbocycles. The fourth-order valence-electron chi connectivity index (χ4n) is 6.04. The van der Waals surface area contributed by atoms with Crippen molar-refractivity contribution in [3.8, 4) is 11.3 Å². The summed E-state index contributed by atoms with van der Waals surface area (Å²) in [5, 5.41) is 8.18. The minimum atomic E-state index is -0.825. The number of likely N-dealkylation sites (N-methyl/N-ethyl adjacent to an activating group) is 1. The Morgan fingerprint density at radius 2 is 1.72 bits per heavy atom. The number of carbonyl (C=O) groups excluding carboxylic acids is 3. The highest BCUT2D eigenvalue weighted by atomic mass is 32.1. The molecule has 6 aromatic rings. The van der Waals surface area contributed by atoms with E-state index >= 15 is 0 Å². The molecule has 0 spiro atoms. The fourth-order valence-corrected chi connectivity index (χ4v) is 7.65. The maximum Gasteiger partial charge on any atom is 0.281 e. The van der Waals surface area contributed by atoms with Gasteiger partial charge in [-0.1, -0.05) is 67.8 Å². The quantitative estimate of drug-likeness (QED) is 0.182. The molecule has 1 aliphatic carbocycles. The molecule has 0 saturated heterocycles. The van der Waals surface area contributed by atoms with Gasteiger partial charge < -0.3 is 15.5 Å². The number of hydrogen-bond donors (Lipinski definition) is 2. The van der Waals surface area contributed by atoms with Crippen molar-refractivity contribution in [1.29, 1.82) is 0 Å². The number of nitrogens with one attached hydrogen (secondary N) is 2. The molecule has 46 heavy (non-hydrogen) atoms. The van der Waals surface area contributed by atoms with Gasteiger partial charge in [0.1, 0.15) is 6.04 Å². The van der Waals surface area contributed by atoms with Gasteiger partial charge >= 0.3 is 0 Å². The summed E-state index contributed by atoms with van der Waals surface area (Å²) in [6.07, 6.45) is 9.21. The summed E-state index contributed by atoms with van der Waals surface area (Å²) in [6.45, 7) is 0. The first-order valence-electron chi connectivity index (χ1n) is 15.3. The molecule has 3 heterocycles. The minimum Gasteiger partial charge on any atom is -0.341 e. The smallest absolute Gasteiger partial charge is 0.281 e. The largest absolute Gasteiger partial charge is 0.341 e. The number of fused-ring (bicyclic) bond motifs is 2. The van der Waals surface area contributed by atoms with Crippen LogP contribution in [0.1, 0.15) is 63.9 Å². The zero-order valence-corrected chi connectivity index (χ0v) is 26.8. The molecule has 7 rings (SSSR count). The van der Waals surface area contributed by atoms with Crippen molar-refractivity contribution < 1.29 is 14.4 Å². The van der Waals surface area contributed by atoms with Crippen molar-refractivity contribution in [2.45, 2.75) is 44.2 Å². The molecule has 0 radical (unpaired) electrons. The second-order valence-electron chi connectivity index (χ2n) is 11.5. The van der Waals surface area contributed by atoms with Crippen LogP contribution in [-0.2, 0) is 4.79 Å². The molecular formula is C35H32N6O3S2. The molecule has 9 nitrogen and oxygen atoms in total. The lowest BCUT2D eigenvalue weighted by molar-refractivity contribution is -0.134. The highest BCUT2D eigenvalue weighted by Gasteiger charge is 2.31. The molecule has 2 N–H and O–H groups in total. The van der Waals surface area contributed by atoms with Crippen molar-refractivity contribution in [2.75, 3.05) is 12.4 Å². The van der Waals surface area contributed by atoms with Gasteiger partial charge in [0, 0.05) is 47.7 Å². The molecule has 1 fully saturated rings. The van der Waals surface area contributed by atoms with E-state index in [2.05, 4.69) is 20.6 Å². The van der Waals surface area contributed by atoms with Crippen LogP contribution in [0.4, 0.5) is 5.69 Å². The third-order valence-corrected chi connectivity index (χ3v) is 10.3. The monoisotopic (exact) mass is 648 g/mol. The van der Waals surface area contributed by atoms with E-state index in [0.717, 1.165) is 52.2 Å². The van der Waals surface area contributed by atoms with E-state index in [4.69, 9.17) is 0 Å². The van der Waals surface area contributed by atoms with Crippen LogP contribution < -0.4 is 10.6 Å².